The number of nitrogens with zero attached hydrogens (tertiary/aromatic N) is 1. The molecule has 1 heterocycles. The molecule has 0 unspecified atom stereocenters. The Morgan fingerprint density at radius 2 is 2.28 bits per heavy atom. The summed E-state index contributed by atoms with van der Waals surface area (Å²) in [6.07, 6.45) is -0.571. The average molecular weight is 317 g/mol. The summed E-state index contributed by atoms with van der Waals surface area (Å²) in [5.41, 5.74) is 0.387. The van der Waals surface area contributed by atoms with Crippen LogP contribution in [0.1, 0.15) is 10.4 Å². The molecular formula is C12H14BrFN2O2. The molecular weight excluding hydrogens is 303 g/mol. The predicted octanol–water partition coefficient (Wildman–Crippen LogP) is 0.993. The molecule has 6 heteroatoms. The van der Waals surface area contributed by atoms with Gasteiger partial charge in [0.1, 0.15) is 5.82 Å². The molecule has 0 aliphatic carbocycles. The van der Waals surface area contributed by atoms with Crippen LogP contribution in [0.25, 0.3) is 0 Å². The van der Waals surface area contributed by atoms with Crippen molar-refractivity contribution in [3.05, 3.63) is 34.1 Å². The molecule has 98 valence electrons. The zero-order chi connectivity index (χ0) is 13.3. The Bertz CT molecular complexity index is 469. The highest BCUT2D eigenvalue weighted by molar-refractivity contribution is 9.10. The summed E-state index contributed by atoms with van der Waals surface area (Å²) in [6, 6.07) is 3.68. The number of hydrogen-bond donors (Lipinski definition) is 2. The van der Waals surface area contributed by atoms with Crippen LogP contribution in [-0.4, -0.2) is 48.2 Å². The SMILES string of the molecule is CN(C(=O)c1ccc(F)cc1Br)[C@@H]1CNC[C@H]1O. The van der Waals surface area contributed by atoms with Gasteiger partial charge in [-0.1, -0.05) is 0 Å². The van der Waals surface area contributed by atoms with Gasteiger partial charge in [-0.15, -0.1) is 0 Å². The fraction of sp³-hybridized carbons (Fsp3) is 0.417. The predicted molar refractivity (Wildman–Crippen MR) is 68.9 cm³/mol. The van der Waals surface area contributed by atoms with Crippen LogP contribution in [-0.2, 0) is 0 Å². The summed E-state index contributed by atoms with van der Waals surface area (Å²) in [6.45, 7) is 1.04. The standard InChI is InChI=1S/C12H14BrFN2O2/c1-16(10-5-15-6-11(10)17)12(18)8-3-2-7(14)4-9(8)13/h2-4,10-11,15,17H,5-6H2,1H3/t10-,11-/m1/s1. The lowest BCUT2D eigenvalue weighted by atomic mass is 10.1. The number of halogens is 2. The number of aliphatic hydroxyl groups excluding tert-OH is 1. The maximum absolute atomic E-state index is 13.0. The quantitative estimate of drug-likeness (QED) is 0.855. The molecule has 18 heavy (non-hydrogen) atoms. The number of benzene rings is 1. The van der Waals surface area contributed by atoms with Crippen molar-refractivity contribution in [1.82, 2.24) is 10.2 Å². The van der Waals surface area contributed by atoms with Crippen LogP contribution in [0.5, 0.6) is 0 Å². The second-order valence-electron chi connectivity index (χ2n) is 4.33. The first-order chi connectivity index (χ1) is 8.50. The molecule has 2 atom stereocenters. The van der Waals surface area contributed by atoms with Crippen LogP contribution < -0.4 is 5.32 Å². The van der Waals surface area contributed by atoms with Gasteiger partial charge >= 0.3 is 0 Å². The summed E-state index contributed by atoms with van der Waals surface area (Å²) in [7, 11) is 1.64. The minimum atomic E-state index is -0.571. The van der Waals surface area contributed by atoms with E-state index in [2.05, 4.69) is 21.2 Å². The van der Waals surface area contributed by atoms with E-state index in [0.29, 0.717) is 23.1 Å². The van der Waals surface area contributed by atoms with Crippen LogP contribution in [0.3, 0.4) is 0 Å². The molecule has 1 amide bonds. The molecule has 4 nitrogen and oxygen atoms in total. The van der Waals surface area contributed by atoms with Crippen molar-refractivity contribution >= 4 is 21.8 Å². The highest BCUT2D eigenvalue weighted by Crippen LogP contribution is 2.21. The third-order valence-electron chi connectivity index (χ3n) is 3.13. The van der Waals surface area contributed by atoms with Crippen molar-refractivity contribution < 1.29 is 14.3 Å². The number of β-amino-alcohol motifs (C(OH)–C–C–N with tert-alkyl or cyclic N) is 1. The van der Waals surface area contributed by atoms with E-state index in [0.717, 1.165) is 0 Å². The topological polar surface area (TPSA) is 52.6 Å². The molecule has 1 fully saturated rings. The zero-order valence-corrected chi connectivity index (χ0v) is 11.4. The van der Waals surface area contributed by atoms with Crippen molar-refractivity contribution in [3.63, 3.8) is 0 Å². The molecule has 1 saturated heterocycles. The number of hydrogen-bond acceptors (Lipinski definition) is 3. The lowest BCUT2D eigenvalue weighted by Gasteiger charge is -2.26. The first-order valence-corrected chi connectivity index (χ1v) is 6.41. The highest BCUT2D eigenvalue weighted by atomic mass is 79.9. The van der Waals surface area contributed by atoms with E-state index in [1.54, 1.807) is 7.05 Å². The van der Waals surface area contributed by atoms with Crippen molar-refractivity contribution in [1.29, 1.82) is 0 Å². The average Bonchev–Trinajstić information content (AvgIpc) is 2.74. The van der Waals surface area contributed by atoms with Gasteiger partial charge in [0, 0.05) is 24.6 Å². The molecule has 2 rings (SSSR count). The summed E-state index contributed by atoms with van der Waals surface area (Å²) in [5.74, 6) is -0.640. The summed E-state index contributed by atoms with van der Waals surface area (Å²) in [5, 5.41) is 12.8. The Morgan fingerprint density at radius 3 is 2.83 bits per heavy atom. The van der Waals surface area contributed by atoms with Crippen molar-refractivity contribution in [2.45, 2.75) is 12.1 Å². The van der Waals surface area contributed by atoms with E-state index in [-0.39, 0.29) is 11.9 Å². The van der Waals surface area contributed by atoms with Gasteiger partial charge in [-0.2, -0.15) is 0 Å². The normalized spacial score (nSPS) is 23.1. The van der Waals surface area contributed by atoms with Crippen LogP contribution in [0, 0.1) is 5.82 Å². The molecule has 0 saturated carbocycles. The number of rotatable bonds is 2. The molecule has 1 aliphatic heterocycles. The molecule has 0 spiro atoms. The third-order valence-corrected chi connectivity index (χ3v) is 3.79. The first kappa shape index (κ1) is 13.5. The van der Waals surface area contributed by atoms with Crippen LogP contribution in [0.4, 0.5) is 4.39 Å². The summed E-state index contributed by atoms with van der Waals surface area (Å²) >= 11 is 3.17. The van der Waals surface area contributed by atoms with Gasteiger partial charge in [-0.3, -0.25) is 4.79 Å². The van der Waals surface area contributed by atoms with E-state index < -0.39 is 11.9 Å². The fourth-order valence-corrected chi connectivity index (χ4v) is 2.57. The number of nitrogens with one attached hydrogen (secondary N) is 1. The van der Waals surface area contributed by atoms with Gasteiger partial charge in [-0.05, 0) is 34.1 Å². The van der Waals surface area contributed by atoms with E-state index in [4.69, 9.17) is 0 Å². The Kier molecular flexibility index (Phi) is 3.99. The van der Waals surface area contributed by atoms with E-state index in [1.807, 2.05) is 0 Å². The number of carbonyl (C=O) groups is 1. The Labute approximate surface area is 113 Å². The van der Waals surface area contributed by atoms with Gasteiger partial charge in [0.05, 0.1) is 17.7 Å². The lowest BCUT2D eigenvalue weighted by Crippen LogP contribution is -2.44. The summed E-state index contributed by atoms with van der Waals surface area (Å²) in [4.78, 5) is 13.7. The molecule has 1 aromatic carbocycles. The zero-order valence-electron chi connectivity index (χ0n) is 9.86. The van der Waals surface area contributed by atoms with E-state index >= 15 is 0 Å². The minimum Gasteiger partial charge on any atom is -0.390 e. The lowest BCUT2D eigenvalue weighted by molar-refractivity contribution is 0.0580. The largest absolute Gasteiger partial charge is 0.390 e. The fourth-order valence-electron chi connectivity index (χ4n) is 2.05. The van der Waals surface area contributed by atoms with Crippen molar-refractivity contribution in [3.8, 4) is 0 Å². The monoisotopic (exact) mass is 316 g/mol. The van der Waals surface area contributed by atoms with Gasteiger partial charge in [-0.25, -0.2) is 4.39 Å². The Hall–Kier alpha value is -0.980. The molecule has 1 aromatic rings. The molecule has 2 N–H and O–H groups in total. The smallest absolute Gasteiger partial charge is 0.255 e. The number of likely N-dealkylation sites (N-methyl/N-ethyl adjacent to an activating group) is 1. The van der Waals surface area contributed by atoms with E-state index in [1.165, 1.54) is 23.1 Å². The van der Waals surface area contributed by atoms with Gasteiger partial charge in [0.2, 0.25) is 0 Å². The Balaban J connectivity index is 2.20. The number of aliphatic hydroxyl groups is 1. The highest BCUT2D eigenvalue weighted by Gasteiger charge is 2.32. The van der Waals surface area contributed by atoms with Gasteiger partial charge < -0.3 is 15.3 Å². The minimum absolute atomic E-state index is 0.241. The Morgan fingerprint density at radius 1 is 1.56 bits per heavy atom. The van der Waals surface area contributed by atoms with Crippen molar-refractivity contribution in [2.75, 3.05) is 20.1 Å². The number of amides is 1. The van der Waals surface area contributed by atoms with Crippen LogP contribution in [0.2, 0.25) is 0 Å². The number of carbonyl (C=O) groups excluding carboxylic acids is 1. The van der Waals surface area contributed by atoms with E-state index in [9.17, 15) is 14.3 Å². The maximum Gasteiger partial charge on any atom is 0.255 e. The second kappa shape index (κ2) is 5.34. The second-order valence-corrected chi connectivity index (χ2v) is 5.19. The summed E-state index contributed by atoms with van der Waals surface area (Å²) < 4.78 is 13.4. The molecule has 0 bridgehead atoms. The van der Waals surface area contributed by atoms with Crippen molar-refractivity contribution in [2.24, 2.45) is 0 Å². The van der Waals surface area contributed by atoms with Crippen LogP contribution in [0.15, 0.2) is 22.7 Å². The maximum atomic E-state index is 13.0. The molecule has 1 aliphatic rings. The van der Waals surface area contributed by atoms with Gasteiger partial charge in [0.15, 0.2) is 0 Å². The first-order valence-electron chi connectivity index (χ1n) is 5.61. The van der Waals surface area contributed by atoms with Crippen LogP contribution >= 0.6 is 15.9 Å². The molecule has 0 radical (unpaired) electrons. The third kappa shape index (κ3) is 2.55. The molecule has 0 aromatic heterocycles. The van der Waals surface area contributed by atoms with Gasteiger partial charge in [0.25, 0.3) is 5.91 Å².